The fourth-order valence-electron chi connectivity index (χ4n) is 1.27. The first-order chi connectivity index (χ1) is 5.90. The molecule has 0 amide bonds. The number of fused-ring (bicyclic) bond motifs is 1. The summed E-state index contributed by atoms with van der Waals surface area (Å²) >= 11 is 0. The lowest BCUT2D eigenvalue weighted by molar-refractivity contribution is 0.506. The minimum Gasteiger partial charge on any atom is -0.343 e. The second kappa shape index (κ2) is 2.81. The molecule has 0 aromatic carbocycles. The quantitative estimate of drug-likeness (QED) is 0.573. The van der Waals surface area contributed by atoms with Gasteiger partial charge in [-0.1, -0.05) is 12.2 Å². The highest BCUT2D eigenvalue weighted by Crippen LogP contribution is 2.17. The third-order valence-electron chi connectivity index (χ3n) is 1.90. The van der Waals surface area contributed by atoms with Crippen molar-refractivity contribution in [1.82, 2.24) is 4.90 Å². The van der Waals surface area contributed by atoms with Crippen molar-refractivity contribution in [2.75, 3.05) is 6.54 Å². The molecule has 0 atom stereocenters. The second-order valence-electron chi connectivity index (χ2n) is 2.71. The molecule has 2 aliphatic rings. The second-order valence-corrected chi connectivity index (χ2v) is 2.71. The molecule has 0 aliphatic carbocycles. The first-order valence-electron chi connectivity index (χ1n) is 3.81. The van der Waals surface area contributed by atoms with E-state index in [0.29, 0.717) is 12.1 Å². The third kappa shape index (κ3) is 1.11. The van der Waals surface area contributed by atoms with E-state index in [0.717, 1.165) is 5.70 Å². The Hall–Kier alpha value is -1.57. The molecule has 1 radical (unpaired) electrons. The van der Waals surface area contributed by atoms with Crippen molar-refractivity contribution in [3.63, 3.8) is 0 Å². The maximum Gasteiger partial charge on any atom is 0.231 e. The van der Waals surface area contributed by atoms with Gasteiger partial charge in [0, 0.05) is 17.5 Å². The normalized spacial score (nSPS) is 19.8. The Labute approximate surface area is 71.2 Å². The molecule has 2 aliphatic heterocycles. The van der Waals surface area contributed by atoms with Crippen LogP contribution in [0.15, 0.2) is 47.9 Å². The maximum absolute atomic E-state index is 10.3. The van der Waals surface area contributed by atoms with Crippen LogP contribution >= 0.6 is 0 Å². The average molecular weight is 158 g/mol. The van der Waals surface area contributed by atoms with E-state index in [1.165, 1.54) is 0 Å². The number of carbonyl (C=O) groups excluding carboxylic acids is 1. The molecule has 12 heavy (non-hydrogen) atoms. The van der Waals surface area contributed by atoms with Crippen molar-refractivity contribution >= 4 is 6.29 Å². The highest BCUT2D eigenvalue weighted by molar-refractivity contribution is 5.76. The van der Waals surface area contributed by atoms with Crippen molar-refractivity contribution < 1.29 is 4.79 Å². The lowest BCUT2D eigenvalue weighted by Gasteiger charge is -2.25. The summed E-state index contributed by atoms with van der Waals surface area (Å²) in [6, 6.07) is 0. The number of hydrogen-bond donors (Lipinski definition) is 0. The van der Waals surface area contributed by atoms with Gasteiger partial charge in [0.1, 0.15) is 0 Å². The van der Waals surface area contributed by atoms with Crippen LogP contribution in [0.3, 0.4) is 0 Å². The first-order valence-corrected chi connectivity index (χ1v) is 3.81. The molecule has 0 bridgehead atoms. The standard InChI is InChI=1S/C10H8NO/c12-8-9-4-5-10-3-1-2-6-11(10)7-9/h1-6H,7H2. The van der Waals surface area contributed by atoms with Crippen LogP contribution in [0, 0.1) is 0 Å². The predicted octanol–water partition coefficient (Wildman–Crippen LogP) is 1.31. The van der Waals surface area contributed by atoms with E-state index in [2.05, 4.69) is 0 Å². The lowest BCUT2D eigenvalue weighted by atomic mass is 10.1. The minimum atomic E-state index is 0.635. The van der Waals surface area contributed by atoms with Gasteiger partial charge in [-0.2, -0.15) is 0 Å². The largest absolute Gasteiger partial charge is 0.343 e. The number of nitrogens with zero attached hydrogens (tertiary/aromatic N) is 1. The van der Waals surface area contributed by atoms with E-state index in [-0.39, 0.29) is 0 Å². The fraction of sp³-hybridized carbons (Fsp3) is 0.100. The maximum atomic E-state index is 10.3. The van der Waals surface area contributed by atoms with E-state index < -0.39 is 0 Å². The van der Waals surface area contributed by atoms with Crippen LogP contribution in [-0.4, -0.2) is 17.7 Å². The van der Waals surface area contributed by atoms with Crippen LogP contribution in [0.5, 0.6) is 0 Å². The Morgan fingerprint density at radius 3 is 3.08 bits per heavy atom. The first kappa shape index (κ1) is 7.10. The van der Waals surface area contributed by atoms with Crippen molar-refractivity contribution in [1.29, 1.82) is 0 Å². The third-order valence-corrected chi connectivity index (χ3v) is 1.90. The summed E-state index contributed by atoms with van der Waals surface area (Å²) < 4.78 is 0. The smallest absolute Gasteiger partial charge is 0.231 e. The number of hydrogen-bond acceptors (Lipinski definition) is 2. The van der Waals surface area contributed by atoms with Crippen LogP contribution < -0.4 is 0 Å². The summed E-state index contributed by atoms with van der Waals surface area (Å²) in [4.78, 5) is 12.4. The Morgan fingerprint density at radius 2 is 2.25 bits per heavy atom. The van der Waals surface area contributed by atoms with Gasteiger partial charge in [0.2, 0.25) is 6.29 Å². The molecule has 0 spiro atoms. The molecular formula is C10H8NO. The Kier molecular flexibility index (Phi) is 1.67. The van der Waals surface area contributed by atoms with Crippen LogP contribution in [0.4, 0.5) is 0 Å². The molecule has 2 heterocycles. The van der Waals surface area contributed by atoms with Crippen LogP contribution in [0.2, 0.25) is 0 Å². The zero-order chi connectivity index (χ0) is 8.39. The van der Waals surface area contributed by atoms with Gasteiger partial charge in [0.25, 0.3) is 0 Å². The highest BCUT2D eigenvalue weighted by Gasteiger charge is 2.12. The summed E-state index contributed by atoms with van der Waals surface area (Å²) in [5.74, 6) is 0. The van der Waals surface area contributed by atoms with Crippen molar-refractivity contribution in [2.24, 2.45) is 0 Å². The van der Waals surface area contributed by atoms with E-state index in [1.54, 1.807) is 0 Å². The monoisotopic (exact) mass is 158 g/mol. The van der Waals surface area contributed by atoms with E-state index in [1.807, 2.05) is 47.8 Å². The molecule has 0 unspecified atom stereocenters. The summed E-state index contributed by atoms with van der Waals surface area (Å²) in [5, 5.41) is 0. The van der Waals surface area contributed by atoms with Crippen molar-refractivity contribution in [2.45, 2.75) is 0 Å². The van der Waals surface area contributed by atoms with Gasteiger partial charge >= 0.3 is 0 Å². The van der Waals surface area contributed by atoms with Crippen molar-refractivity contribution in [3.8, 4) is 0 Å². The van der Waals surface area contributed by atoms with Gasteiger partial charge in [0.15, 0.2) is 0 Å². The van der Waals surface area contributed by atoms with Crippen LogP contribution in [0.1, 0.15) is 0 Å². The molecule has 0 aromatic heterocycles. The van der Waals surface area contributed by atoms with Gasteiger partial charge in [-0.3, -0.25) is 4.79 Å². The van der Waals surface area contributed by atoms with Crippen LogP contribution in [0.25, 0.3) is 0 Å². The van der Waals surface area contributed by atoms with E-state index in [9.17, 15) is 4.79 Å². The Balaban J connectivity index is 2.31. The topological polar surface area (TPSA) is 20.3 Å². The van der Waals surface area contributed by atoms with E-state index >= 15 is 0 Å². The summed E-state index contributed by atoms with van der Waals surface area (Å²) in [6.07, 6.45) is 13.5. The molecule has 2 heteroatoms. The minimum absolute atomic E-state index is 0.635. The van der Waals surface area contributed by atoms with Gasteiger partial charge in [-0.05, 0) is 18.2 Å². The zero-order valence-electron chi connectivity index (χ0n) is 6.53. The molecule has 0 aromatic rings. The molecule has 0 N–H and O–H groups in total. The molecule has 59 valence electrons. The average Bonchev–Trinajstić information content (AvgIpc) is 2.17. The molecule has 2 rings (SSSR count). The molecule has 0 fully saturated rings. The van der Waals surface area contributed by atoms with Crippen molar-refractivity contribution in [3.05, 3.63) is 47.9 Å². The predicted molar refractivity (Wildman–Crippen MR) is 46.8 cm³/mol. The zero-order valence-corrected chi connectivity index (χ0v) is 6.53. The van der Waals surface area contributed by atoms with Gasteiger partial charge in [-0.15, -0.1) is 0 Å². The van der Waals surface area contributed by atoms with E-state index in [4.69, 9.17) is 0 Å². The fourth-order valence-corrected chi connectivity index (χ4v) is 1.27. The van der Waals surface area contributed by atoms with Gasteiger partial charge < -0.3 is 4.90 Å². The van der Waals surface area contributed by atoms with Crippen LogP contribution in [-0.2, 0) is 4.79 Å². The number of allylic oxidation sites excluding steroid dienone is 5. The Morgan fingerprint density at radius 1 is 1.33 bits per heavy atom. The molecular weight excluding hydrogens is 150 g/mol. The summed E-state index contributed by atoms with van der Waals surface area (Å²) in [6.45, 7) is 0.635. The number of rotatable bonds is 1. The SMILES string of the molecule is O=[C]C1=CC=C2C=CC=CN2C1. The lowest BCUT2D eigenvalue weighted by Crippen LogP contribution is -2.22. The summed E-state index contributed by atoms with van der Waals surface area (Å²) in [5.41, 5.74) is 1.82. The molecule has 2 nitrogen and oxygen atoms in total. The summed E-state index contributed by atoms with van der Waals surface area (Å²) in [7, 11) is 0. The highest BCUT2D eigenvalue weighted by atomic mass is 16.1. The molecule has 0 saturated heterocycles. The molecule has 0 saturated carbocycles. The van der Waals surface area contributed by atoms with Gasteiger partial charge in [-0.25, -0.2) is 0 Å². The Bertz CT molecular complexity index is 321. The van der Waals surface area contributed by atoms with Gasteiger partial charge in [0.05, 0.1) is 6.54 Å².